The number of thiazole rings is 1. The quantitative estimate of drug-likeness (QED) is 0.823. The van der Waals surface area contributed by atoms with Gasteiger partial charge in [-0.15, -0.1) is 11.3 Å². The summed E-state index contributed by atoms with van der Waals surface area (Å²) in [6, 6.07) is 5.48. The molecule has 0 fully saturated rings. The van der Waals surface area contributed by atoms with Gasteiger partial charge in [-0.2, -0.15) is 0 Å². The molecule has 2 aromatic rings. The van der Waals surface area contributed by atoms with Crippen molar-refractivity contribution in [2.75, 3.05) is 19.5 Å². The molecule has 1 aromatic carbocycles. The van der Waals surface area contributed by atoms with Crippen molar-refractivity contribution in [3.05, 3.63) is 40.4 Å². The van der Waals surface area contributed by atoms with Crippen LogP contribution in [-0.2, 0) is 17.6 Å². The molecular formula is C19H22N2O3S. The molecule has 0 bridgehead atoms. The van der Waals surface area contributed by atoms with E-state index in [9.17, 15) is 4.79 Å². The number of ether oxygens (including phenoxy) is 2. The molecule has 132 valence electrons. The van der Waals surface area contributed by atoms with Crippen LogP contribution in [0.15, 0.2) is 24.3 Å². The number of carbonyl (C=O) groups is 1. The number of nitrogens with one attached hydrogen (secondary N) is 1. The van der Waals surface area contributed by atoms with E-state index in [1.807, 2.05) is 12.1 Å². The van der Waals surface area contributed by atoms with Crippen molar-refractivity contribution in [1.29, 1.82) is 0 Å². The summed E-state index contributed by atoms with van der Waals surface area (Å²) in [6.45, 7) is 2.26. The highest BCUT2D eigenvalue weighted by Crippen LogP contribution is 2.32. The average Bonchev–Trinajstić information content (AvgIpc) is 3.00. The Morgan fingerprint density at radius 1 is 1.28 bits per heavy atom. The van der Waals surface area contributed by atoms with E-state index in [4.69, 9.17) is 9.47 Å². The first kappa shape index (κ1) is 17.5. The van der Waals surface area contributed by atoms with E-state index < -0.39 is 0 Å². The van der Waals surface area contributed by atoms with Crippen LogP contribution < -0.4 is 14.8 Å². The average molecular weight is 358 g/mol. The number of anilines is 1. The zero-order valence-electron chi connectivity index (χ0n) is 14.7. The van der Waals surface area contributed by atoms with E-state index >= 15 is 0 Å². The summed E-state index contributed by atoms with van der Waals surface area (Å²) in [5.41, 5.74) is 1.97. The fourth-order valence-electron chi connectivity index (χ4n) is 2.84. The number of carbonyl (C=O) groups excluding carboxylic acids is 1. The van der Waals surface area contributed by atoms with E-state index in [0.29, 0.717) is 22.5 Å². The minimum atomic E-state index is -0.194. The predicted molar refractivity (Wildman–Crippen MR) is 101 cm³/mol. The number of rotatable bonds is 5. The maximum atomic E-state index is 12.2. The third-order valence-electron chi connectivity index (χ3n) is 4.22. The number of hydrogen-bond acceptors (Lipinski definition) is 5. The van der Waals surface area contributed by atoms with E-state index in [-0.39, 0.29) is 5.91 Å². The highest BCUT2D eigenvalue weighted by molar-refractivity contribution is 7.15. The lowest BCUT2D eigenvalue weighted by Crippen LogP contribution is -2.09. The normalized spacial score (nSPS) is 16.5. The van der Waals surface area contributed by atoms with E-state index in [0.717, 1.165) is 24.1 Å². The largest absolute Gasteiger partial charge is 0.497 e. The predicted octanol–water partition coefficient (Wildman–Crippen LogP) is 3.94. The highest BCUT2D eigenvalue weighted by Gasteiger charge is 2.20. The van der Waals surface area contributed by atoms with Crippen LogP contribution in [0.25, 0.3) is 6.08 Å². The smallest absolute Gasteiger partial charge is 0.250 e. The molecule has 1 unspecified atom stereocenters. The number of aromatic nitrogens is 1. The topological polar surface area (TPSA) is 60.5 Å². The molecule has 1 heterocycles. The Morgan fingerprint density at radius 3 is 2.68 bits per heavy atom. The molecule has 0 radical (unpaired) electrons. The van der Waals surface area contributed by atoms with Gasteiger partial charge >= 0.3 is 0 Å². The Kier molecular flexibility index (Phi) is 5.38. The lowest BCUT2D eigenvalue weighted by molar-refractivity contribution is -0.111. The lowest BCUT2D eigenvalue weighted by atomic mass is 9.93. The van der Waals surface area contributed by atoms with Crippen LogP contribution in [0, 0.1) is 5.92 Å². The molecule has 6 heteroatoms. The number of methoxy groups -OCH3 is 2. The minimum absolute atomic E-state index is 0.194. The van der Waals surface area contributed by atoms with Gasteiger partial charge < -0.3 is 9.47 Å². The van der Waals surface area contributed by atoms with Crippen molar-refractivity contribution in [3.63, 3.8) is 0 Å². The summed E-state index contributed by atoms with van der Waals surface area (Å²) in [5, 5.41) is 3.54. The minimum Gasteiger partial charge on any atom is -0.497 e. The molecule has 1 N–H and O–H groups in total. The van der Waals surface area contributed by atoms with Crippen molar-refractivity contribution in [1.82, 2.24) is 4.98 Å². The second kappa shape index (κ2) is 7.70. The first-order chi connectivity index (χ1) is 12.1. The SMILES string of the molecule is COc1cc(/C=C/C(=O)Nc2nc3c(s2)CC(C)CC3)cc(OC)c1. The van der Waals surface area contributed by atoms with Gasteiger partial charge in [-0.3, -0.25) is 10.1 Å². The summed E-state index contributed by atoms with van der Waals surface area (Å²) in [6.07, 6.45) is 6.46. The molecule has 1 amide bonds. The molecule has 0 saturated carbocycles. The van der Waals surface area contributed by atoms with Gasteiger partial charge in [0.25, 0.3) is 0 Å². The first-order valence-corrected chi connectivity index (χ1v) is 9.09. The second-order valence-electron chi connectivity index (χ2n) is 6.21. The number of hydrogen-bond donors (Lipinski definition) is 1. The summed E-state index contributed by atoms with van der Waals surface area (Å²) >= 11 is 1.58. The Hall–Kier alpha value is -2.34. The van der Waals surface area contributed by atoms with Gasteiger partial charge in [0.1, 0.15) is 11.5 Å². The third kappa shape index (κ3) is 4.39. The number of nitrogens with zero attached hydrogens (tertiary/aromatic N) is 1. The van der Waals surface area contributed by atoms with Gasteiger partial charge in [-0.05, 0) is 49.0 Å². The Balaban J connectivity index is 1.67. The summed E-state index contributed by atoms with van der Waals surface area (Å²) < 4.78 is 10.5. The van der Waals surface area contributed by atoms with Crippen LogP contribution in [0.2, 0.25) is 0 Å². The molecular weight excluding hydrogens is 336 g/mol. The molecule has 25 heavy (non-hydrogen) atoms. The summed E-state index contributed by atoms with van der Waals surface area (Å²) in [4.78, 5) is 18.0. The number of aryl methyl sites for hydroxylation is 1. The van der Waals surface area contributed by atoms with Gasteiger partial charge in [0.15, 0.2) is 5.13 Å². The maximum Gasteiger partial charge on any atom is 0.250 e. The fraction of sp³-hybridized carbons (Fsp3) is 0.368. The number of amides is 1. The molecule has 5 nitrogen and oxygen atoms in total. The number of benzene rings is 1. The van der Waals surface area contributed by atoms with Gasteiger partial charge in [-0.25, -0.2) is 4.98 Å². The Morgan fingerprint density at radius 2 is 2.00 bits per heavy atom. The summed E-state index contributed by atoms with van der Waals surface area (Å²) in [5.74, 6) is 1.86. The first-order valence-electron chi connectivity index (χ1n) is 8.28. The molecule has 1 atom stereocenters. The molecule has 0 aliphatic heterocycles. The van der Waals surface area contributed by atoms with Gasteiger partial charge in [0.2, 0.25) is 5.91 Å². The third-order valence-corrected chi connectivity index (χ3v) is 5.25. The van der Waals surface area contributed by atoms with Crippen molar-refractivity contribution in [2.24, 2.45) is 5.92 Å². The van der Waals surface area contributed by atoms with Crippen LogP contribution in [-0.4, -0.2) is 25.1 Å². The van der Waals surface area contributed by atoms with Crippen LogP contribution >= 0.6 is 11.3 Å². The Labute approximate surface area is 151 Å². The van der Waals surface area contributed by atoms with Crippen LogP contribution in [0.3, 0.4) is 0 Å². The van der Waals surface area contributed by atoms with Crippen LogP contribution in [0.1, 0.15) is 29.5 Å². The highest BCUT2D eigenvalue weighted by atomic mass is 32.1. The second-order valence-corrected chi connectivity index (χ2v) is 7.29. The van der Waals surface area contributed by atoms with Crippen molar-refractivity contribution in [3.8, 4) is 11.5 Å². The van der Waals surface area contributed by atoms with Gasteiger partial charge in [0.05, 0.1) is 19.9 Å². The van der Waals surface area contributed by atoms with Crippen LogP contribution in [0.5, 0.6) is 11.5 Å². The Bertz CT molecular complexity index is 776. The molecule has 0 spiro atoms. The summed E-state index contributed by atoms with van der Waals surface area (Å²) in [7, 11) is 3.19. The molecule has 1 aliphatic rings. The zero-order valence-corrected chi connectivity index (χ0v) is 15.5. The molecule has 1 aromatic heterocycles. The monoisotopic (exact) mass is 358 g/mol. The maximum absolute atomic E-state index is 12.2. The molecule has 3 rings (SSSR count). The molecule has 1 aliphatic carbocycles. The number of fused-ring (bicyclic) bond motifs is 1. The van der Waals surface area contributed by atoms with Gasteiger partial charge in [0, 0.05) is 17.0 Å². The fourth-order valence-corrected chi connectivity index (χ4v) is 4.01. The van der Waals surface area contributed by atoms with Gasteiger partial charge in [-0.1, -0.05) is 6.92 Å². The van der Waals surface area contributed by atoms with E-state index in [1.54, 1.807) is 37.7 Å². The standard InChI is InChI=1S/C19H22N2O3S/c1-12-4-6-16-17(8-12)25-19(20-16)21-18(22)7-5-13-9-14(23-2)11-15(10-13)24-3/h5,7,9-12H,4,6,8H2,1-3H3,(H,20,21,22)/b7-5+. The molecule has 0 saturated heterocycles. The lowest BCUT2D eigenvalue weighted by Gasteiger charge is -2.15. The van der Waals surface area contributed by atoms with Crippen LogP contribution in [0.4, 0.5) is 5.13 Å². The zero-order chi connectivity index (χ0) is 17.8. The van der Waals surface area contributed by atoms with Crippen molar-refractivity contribution in [2.45, 2.75) is 26.2 Å². The van der Waals surface area contributed by atoms with Crippen molar-refractivity contribution < 1.29 is 14.3 Å². The van der Waals surface area contributed by atoms with E-state index in [2.05, 4.69) is 17.2 Å². The van der Waals surface area contributed by atoms with E-state index in [1.165, 1.54) is 17.4 Å². The van der Waals surface area contributed by atoms with Crippen molar-refractivity contribution >= 4 is 28.5 Å².